The van der Waals surface area contributed by atoms with Gasteiger partial charge in [0.15, 0.2) is 0 Å². The van der Waals surface area contributed by atoms with Crippen LogP contribution in [-0.4, -0.2) is 35.1 Å². The Hall–Kier alpha value is -0.500. The summed E-state index contributed by atoms with van der Waals surface area (Å²) in [6.45, 7) is 4.73. The van der Waals surface area contributed by atoms with Gasteiger partial charge in [0, 0.05) is 24.3 Å². The first-order valence-corrected chi connectivity index (χ1v) is 8.52. The van der Waals surface area contributed by atoms with Crippen LogP contribution in [0.25, 0.3) is 0 Å². The predicted octanol–water partition coefficient (Wildman–Crippen LogP) is 4.13. The molecule has 0 aromatic carbocycles. The minimum Gasteiger partial charge on any atom is -0.359 e. The standard InChI is InChI=1S/C17H30N2/c1-15-12-13-18(16-8-4-2-5-9-16)14-19(15)17-10-6-3-7-11-17/h12,16-17H,2-11,13-14H2,1H3. The van der Waals surface area contributed by atoms with E-state index < -0.39 is 0 Å². The molecule has 2 heteroatoms. The van der Waals surface area contributed by atoms with Crippen molar-refractivity contribution in [2.24, 2.45) is 0 Å². The first-order valence-electron chi connectivity index (χ1n) is 8.52. The van der Waals surface area contributed by atoms with Gasteiger partial charge in [0.1, 0.15) is 0 Å². The van der Waals surface area contributed by atoms with Crippen molar-refractivity contribution in [2.75, 3.05) is 13.2 Å². The molecule has 0 spiro atoms. The number of nitrogens with zero attached hydrogens (tertiary/aromatic N) is 2. The summed E-state index contributed by atoms with van der Waals surface area (Å²) in [6.07, 6.45) is 16.9. The van der Waals surface area contributed by atoms with Crippen molar-refractivity contribution in [2.45, 2.75) is 83.2 Å². The van der Waals surface area contributed by atoms with E-state index >= 15 is 0 Å². The van der Waals surface area contributed by atoms with Crippen LogP contribution in [0.15, 0.2) is 11.8 Å². The van der Waals surface area contributed by atoms with E-state index in [1.54, 1.807) is 5.70 Å². The summed E-state index contributed by atoms with van der Waals surface area (Å²) < 4.78 is 0. The van der Waals surface area contributed by atoms with Gasteiger partial charge in [-0.15, -0.1) is 0 Å². The maximum Gasteiger partial charge on any atom is 0.0712 e. The summed E-state index contributed by atoms with van der Waals surface area (Å²) in [5, 5.41) is 0. The average molecular weight is 262 g/mol. The Balaban J connectivity index is 1.63. The molecule has 0 saturated heterocycles. The summed E-state index contributed by atoms with van der Waals surface area (Å²) in [6, 6.07) is 1.69. The van der Waals surface area contributed by atoms with Gasteiger partial charge >= 0.3 is 0 Å². The molecule has 0 amide bonds. The molecule has 0 radical (unpaired) electrons. The van der Waals surface area contributed by atoms with Gasteiger partial charge in [0.2, 0.25) is 0 Å². The molecular formula is C17H30N2. The molecule has 2 nitrogen and oxygen atoms in total. The second kappa shape index (κ2) is 6.30. The molecule has 0 N–H and O–H groups in total. The summed E-state index contributed by atoms with van der Waals surface area (Å²) in [5.41, 5.74) is 1.54. The maximum atomic E-state index is 2.75. The van der Waals surface area contributed by atoms with Gasteiger partial charge in [0.05, 0.1) is 6.67 Å². The molecular weight excluding hydrogens is 232 g/mol. The van der Waals surface area contributed by atoms with Crippen LogP contribution in [0.1, 0.15) is 71.1 Å². The second-order valence-corrected chi connectivity index (χ2v) is 6.81. The molecule has 1 heterocycles. The minimum atomic E-state index is 0.830. The Morgan fingerprint density at radius 3 is 2.05 bits per heavy atom. The minimum absolute atomic E-state index is 0.830. The van der Waals surface area contributed by atoms with Crippen molar-refractivity contribution >= 4 is 0 Å². The third kappa shape index (κ3) is 3.16. The van der Waals surface area contributed by atoms with Crippen molar-refractivity contribution in [3.63, 3.8) is 0 Å². The lowest BCUT2D eigenvalue weighted by atomic mass is 9.92. The third-order valence-corrected chi connectivity index (χ3v) is 5.51. The third-order valence-electron chi connectivity index (χ3n) is 5.51. The van der Waals surface area contributed by atoms with E-state index in [1.165, 1.54) is 77.4 Å². The summed E-state index contributed by atoms with van der Waals surface area (Å²) in [7, 11) is 0. The molecule has 3 rings (SSSR count). The Morgan fingerprint density at radius 2 is 1.42 bits per heavy atom. The van der Waals surface area contributed by atoms with E-state index in [-0.39, 0.29) is 0 Å². The number of hydrogen-bond acceptors (Lipinski definition) is 2. The lowest BCUT2D eigenvalue weighted by Gasteiger charge is -2.45. The van der Waals surface area contributed by atoms with Gasteiger partial charge in [0.25, 0.3) is 0 Å². The fourth-order valence-corrected chi connectivity index (χ4v) is 4.24. The van der Waals surface area contributed by atoms with E-state index in [9.17, 15) is 0 Å². The molecule has 19 heavy (non-hydrogen) atoms. The van der Waals surface area contributed by atoms with Gasteiger partial charge in [-0.25, -0.2) is 0 Å². The van der Waals surface area contributed by atoms with Crippen LogP contribution in [0.5, 0.6) is 0 Å². The van der Waals surface area contributed by atoms with E-state index in [2.05, 4.69) is 22.8 Å². The monoisotopic (exact) mass is 262 g/mol. The summed E-state index contributed by atoms with van der Waals surface area (Å²) in [5.74, 6) is 0. The molecule has 3 aliphatic rings. The van der Waals surface area contributed by atoms with Crippen molar-refractivity contribution in [3.8, 4) is 0 Å². The van der Waals surface area contributed by atoms with Crippen molar-refractivity contribution in [1.29, 1.82) is 0 Å². The van der Waals surface area contributed by atoms with Crippen LogP contribution in [0.4, 0.5) is 0 Å². The van der Waals surface area contributed by atoms with E-state index in [0.29, 0.717) is 0 Å². The maximum absolute atomic E-state index is 2.75. The number of rotatable bonds is 2. The highest BCUT2D eigenvalue weighted by atomic mass is 15.4. The van der Waals surface area contributed by atoms with Crippen LogP contribution in [0, 0.1) is 0 Å². The Bertz CT molecular complexity index is 311. The van der Waals surface area contributed by atoms with Crippen LogP contribution in [-0.2, 0) is 0 Å². The fraction of sp³-hybridized carbons (Fsp3) is 0.882. The quantitative estimate of drug-likeness (QED) is 0.738. The molecule has 0 bridgehead atoms. The predicted molar refractivity (Wildman–Crippen MR) is 80.9 cm³/mol. The highest BCUT2D eigenvalue weighted by Crippen LogP contribution is 2.30. The topological polar surface area (TPSA) is 6.48 Å². The van der Waals surface area contributed by atoms with Crippen LogP contribution < -0.4 is 0 Å². The van der Waals surface area contributed by atoms with Crippen LogP contribution >= 0.6 is 0 Å². The summed E-state index contributed by atoms with van der Waals surface area (Å²) in [4.78, 5) is 5.47. The number of hydrogen-bond donors (Lipinski definition) is 0. The molecule has 0 aromatic heterocycles. The molecule has 2 aliphatic carbocycles. The molecule has 108 valence electrons. The largest absolute Gasteiger partial charge is 0.359 e. The Kier molecular flexibility index (Phi) is 4.47. The SMILES string of the molecule is CC1=CCN(C2CCCCC2)CN1C1CCCCC1. The van der Waals surface area contributed by atoms with Crippen LogP contribution in [0.3, 0.4) is 0 Å². The van der Waals surface area contributed by atoms with Gasteiger partial charge in [-0.3, -0.25) is 4.90 Å². The average Bonchev–Trinajstić information content (AvgIpc) is 2.49. The fourth-order valence-electron chi connectivity index (χ4n) is 4.24. The Labute approximate surface area is 118 Å². The van der Waals surface area contributed by atoms with Crippen molar-refractivity contribution < 1.29 is 0 Å². The normalized spacial score (nSPS) is 28.5. The zero-order valence-corrected chi connectivity index (χ0v) is 12.6. The molecule has 0 unspecified atom stereocenters. The smallest absolute Gasteiger partial charge is 0.0712 e. The molecule has 2 fully saturated rings. The Morgan fingerprint density at radius 1 is 0.842 bits per heavy atom. The highest BCUT2D eigenvalue weighted by molar-refractivity contribution is 5.06. The van der Waals surface area contributed by atoms with Gasteiger partial charge < -0.3 is 4.90 Å². The summed E-state index contributed by atoms with van der Waals surface area (Å²) >= 11 is 0. The molecule has 2 saturated carbocycles. The van der Waals surface area contributed by atoms with Crippen LogP contribution in [0.2, 0.25) is 0 Å². The molecule has 0 aromatic rings. The van der Waals surface area contributed by atoms with Gasteiger partial charge in [-0.1, -0.05) is 44.6 Å². The zero-order valence-electron chi connectivity index (χ0n) is 12.6. The lowest BCUT2D eigenvalue weighted by molar-refractivity contribution is 0.0560. The first kappa shape index (κ1) is 13.5. The van der Waals surface area contributed by atoms with E-state index in [0.717, 1.165) is 12.1 Å². The number of allylic oxidation sites excluding steroid dienone is 1. The second-order valence-electron chi connectivity index (χ2n) is 6.81. The highest BCUT2D eigenvalue weighted by Gasteiger charge is 2.29. The van der Waals surface area contributed by atoms with Gasteiger partial charge in [-0.2, -0.15) is 0 Å². The zero-order chi connectivity index (χ0) is 13.1. The van der Waals surface area contributed by atoms with E-state index in [1.807, 2.05) is 0 Å². The molecule has 1 aliphatic heterocycles. The first-order chi connectivity index (χ1) is 9.34. The van der Waals surface area contributed by atoms with Gasteiger partial charge in [-0.05, 0) is 32.6 Å². The van der Waals surface area contributed by atoms with E-state index in [4.69, 9.17) is 0 Å². The molecule has 0 atom stereocenters. The van der Waals surface area contributed by atoms with Crippen molar-refractivity contribution in [1.82, 2.24) is 9.80 Å². The van der Waals surface area contributed by atoms with Crippen molar-refractivity contribution in [3.05, 3.63) is 11.8 Å². The lowest BCUT2D eigenvalue weighted by Crippen LogP contribution is -2.50.